The maximum Gasteiger partial charge on any atom is 0.107 e. The van der Waals surface area contributed by atoms with Gasteiger partial charge in [0.25, 0.3) is 0 Å². The van der Waals surface area contributed by atoms with E-state index in [9.17, 15) is 5.11 Å². The van der Waals surface area contributed by atoms with Crippen LogP contribution in [0.5, 0.6) is 0 Å². The molecule has 2 N–H and O–H groups in total. The van der Waals surface area contributed by atoms with Crippen molar-refractivity contribution in [1.82, 2.24) is 5.48 Å². The molecule has 2 heterocycles. The molecule has 4 nitrogen and oxygen atoms in total. The Morgan fingerprint density at radius 3 is 2.78 bits per heavy atom. The van der Waals surface area contributed by atoms with Crippen LogP contribution in [0.3, 0.4) is 0 Å². The first kappa shape index (κ1) is 17.1. The van der Waals surface area contributed by atoms with Crippen molar-refractivity contribution in [2.45, 2.75) is 50.4 Å². The molecule has 0 amide bonds. The summed E-state index contributed by atoms with van der Waals surface area (Å²) in [5.41, 5.74) is 6.05. The van der Waals surface area contributed by atoms with E-state index in [1.807, 2.05) is 25.1 Å². The number of fused-ring (bicyclic) bond motifs is 2. The molecule has 23 heavy (non-hydrogen) atoms. The molecule has 4 atom stereocenters. The van der Waals surface area contributed by atoms with Crippen molar-refractivity contribution in [3.05, 3.63) is 45.1 Å². The molecule has 2 aliphatic rings. The molecule has 0 aromatic heterocycles. The van der Waals surface area contributed by atoms with Crippen molar-refractivity contribution in [3.8, 4) is 0 Å². The Morgan fingerprint density at radius 2 is 2.13 bits per heavy atom. The summed E-state index contributed by atoms with van der Waals surface area (Å²) in [4.78, 5) is 5.12. The second-order valence-corrected chi connectivity index (χ2v) is 6.85. The average Bonchev–Trinajstić information content (AvgIpc) is 2.83. The molecule has 2 unspecified atom stereocenters. The molecule has 2 aliphatic heterocycles. The lowest BCUT2D eigenvalue weighted by Gasteiger charge is -2.34. The Hall–Kier alpha value is -0.780. The molecular weight excluding hydrogens is 337 g/mol. The SMILES string of the molecule is CCC(NOC)=C1[C@H](c2ccc(Cl)c(Cl)c2)CC2CC(O)[C@H]1O2. The van der Waals surface area contributed by atoms with Gasteiger partial charge in [0.1, 0.15) is 6.10 Å². The number of hydrogen-bond acceptors (Lipinski definition) is 4. The molecule has 3 rings (SSSR count). The highest BCUT2D eigenvalue weighted by molar-refractivity contribution is 6.42. The summed E-state index contributed by atoms with van der Waals surface area (Å²) in [6.07, 6.45) is 1.52. The molecular formula is C17H21Cl2NO3. The predicted molar refractivity (Wildman–Crippen MR) is 90.6 cm³/mol. The number of hydroxylamine groups is 1. The van der Waals surface area contributed by atoms with Gasteiger partial charge >= 0.3 is 0 Å². The summed E-state index contributed by atoms with van der Waals surface area (Å²) in [6.45, 7) is 2.05. The van der Waals surface area contributed by atoms with Gasteiger partial charge in [0.15, 0.2) is 0 Å². The highest BCUT2D eigenvalue weighted by atomic mass is 35.5. The number of hydrogen-bond donors (Lipinski definition) is 2. The molecule has 2 bridgehead atoms. The van der Waals surface area contributed by atoms with E-state index in [1.54, 1.807) is 7.11 Å². The summed E-state index contributed by atoms with van der Waals surface area (Å²) in [5, 5.41) is 11.5. The molecule has 6 heteroatoms. The van der Waals surface area contributed by atoms with Crippen molar-refractivity contribution in [3.63, 3.8) is 0 Å². The summed E-state index contributed by atoms with van der Waals surface area (Å²) < 4.78 is 5.99. The molecule has 1 aromatic carbocycles. The number of allylic oxidation sites excluding steroid dienone is 1. The number of aliphatic hydroxyl groups is 1. The highest BCUT2D eigenvalue weighted by Gasteiger charge is 2.46. The number of ether oxygens (including phenoxy) is 1. The van der Waals surface area contributed by atoms with E-state index in [2.05, 4.69) is 5.48 Å². The second kappa shape index (κ2) is 6.99. The topological polar surface area (TPSA) is 50.7 Å². The first-order valence-corrected chi connectivity index (χ1v) is 8.61. The van der Waals surface area contributed by atoms with Crippen molar-refractivity contribution in [1.29, 1.82) is 0 Å². The molecule has 126 valence electrons. The van der Waals surface area contributed by atoms with Crippen LogP contribution >= 0.6 is 23.2 Å². The van der Waals surface area contributed by atoms with Crippen LogP contribution in [-0.4, -0.2) is 30.5 Å². The fourth-order valence-corrected chi connectivity index (χ4v) is 3.96. The quantitative estimate of drug-likeness (QED) is 0.804. The summed E-state index contributed by atoms with van der Waals surface area (Å²) in [5.74, 6) is 0.128. The average molecular weight is 358 g/mol. The van der Waals surface area contributed by atoms with Gasteiger partial charge in [-0.15, -0.1) is 0 Å². The maximum atomic E-state index is 10.4. The Kier molecular flexibility index (Phi) is 5.19. The zero-order valence-corrected chi connectivity index (χ0v) is 14.7. The van der Waals surface area contributed by atoms with E-state index < -0.39 is 6.10 Å². The molecule has 0 radical (unpaired) electrons. The molecule has 2 saturated heterocycles. The molecule has 2 fully saturated rings. The molecule has 0 aliphatic carbocycles. The Labute approximate surface area is 146 Å². The number of halogens is 2. The van der Waals surface area contributed by atoms with Crippen LogP contribution in [0.1, 0.15) is 37.7 Å². The Balaban J connectivity index is 2.06. The second-order valence-electron chi connectivity index (χ2n) is 6.04. The predicted octanol–water partition coefficient (Wildman–Crippen LogP) is 3.81. The van der Waals surface area contributed by atoms with Crippen molar-refractivity contribution in [2.75, 3.05) is 7.11 Å². The van der Waals surface area contributed by atoms with Crippen LogP contribution in [-0.2, 0) is 9.57 Å². The van der Waals surface area contributed by atoms with E-state index in [0.717, 1.165) is 29.7 Å². The summed E-state index contributed by atoms with van der Waals surface area (Å²) in [6, 6.07) is 5.72. The van der Waals surface area contributed by atoms with E-state index in [4.69, 9.17) is 32.8 Å². The lowest BCUT2D eigenvalue weighted by molar-refractivity contribution is 0.000902. The van der Waals surface area contributed by atoms with Crippen LogP contribution in [0.2, 0.25) is 10.0 Å². The lowest BCUT2D eigenvalue weighted by Crippen LogP contribution is -2.34. The van der Waals surface area contributed by atoms with Crippen LogP contribution in [0, 0.1) is 0 Å². The zero-order chi connectivity index (χ0) is 16.6. The van der Waals surface area contributed by atoms with Gasteiger partial charge in [-0.3, -0.25) is 10.3 Å². The van der Waals surface area contributed by atoms with E-state index in [0.29, 0.717) is 16.5 Å². The highest BCUT2D eigenvalue weighted by Crippen LogP contribution is 2.47. The third-order valence-corrected chi connectivity index (χ3v) is 5.39. The summed E-state index contributed by atoms with van der Waals surface area (Å²) >= 11 is 12.3. The van der Waals surface area contributed by atoms with Gasteiger partial charge in [0.05, 0.1) is 29.4 Å². The molecule has 0 saturated carbocycles. The van der Waals surface area contributed by atoms with Crippen molar-refractivity contribution in [2.24, 2.45) is 0 Å². The number of nitrogens with one attached hydrogen (secondary N) is 1. The molecule has 0 spiro atoms. The van der Waals surface area contributed by atoms with Gasteiger partial charge in [-0.2, -0.15) is 0 Å². The van der Waals surface area contributed by atoms with Gasteiger partial charge in [-0.1, -0.05) is 36.2 Å². The van der Waals surface area contributed by atoms with E-state index >= 15 is 0 Å². The third kappa shape index (κ3) is 3.24. The minimum Gasteiger partial charge on any atom is -0.390 e. The van der Waals surface area contributed by atoms with Gasteiger partial charge in [0, 0.05) is 18.0 Å². The van der Waals surface area contributed by atoms with Crippen LogP contribution < -0.4 is 5.48 Å². The summed E-state index contributed by atoms with van der Waals surface area (Å²) in [7, 11) is 1.59. The number of aliphatic hydroxyl groups excluding tert-OH is 1. The normalized spacial score (nSPS) is 32.0. The standard InChI is InChI=1S/C17H21Cl2NO3/c1-3-14(20-22-2)16-11(7-10-8-15(21)17(16)23-10)9-4-5-12(18)13(19)6-9/h4-6,10-11,15,17,20-21H,3,7-8H2,1-2H3/t10?,11-,15?,17+/m0/s1. The van der Waals surface area contributed by atoms with Crippen molar-refractivity contribution < 1.29 is 14.7 Å². The van der Waals surface area contributed by atoms with E-state index in [-0.39, 0.29) is 18.1 Å². The first-order chi connectivity index (χ1) is 11.0. The first-order valence-electron chi connectivity index (χ1n) is 7.85. The van der Waals surface area contributed by atoms with Crippen LogP contribution in [0.25, 0.3) is 0 Å². The van der Waals surface area contributed by atoms with Crippen LogP contribution in [0.15, 0.2) is 29.5 Å². The van der Waals surface area contributed by atoms with E-state index in [1.165, 1.54) is 0 Å². The van der Waals surface area contributed by atoms with Gasteiger partial charge in [-0.05, 0) is 36.1 Å². The zero-order valence-electron chi connectivity index (χ0n) is 13.2. The maximum absolute atomic E-state index is 10.4. The minimum absolute atomic E-state index is 0.0684. The van der Waals surface area contributed by atoms with Gasteiger partial charge < -0.3 is 9.84 Å². The number of rotatable bonds is 4. The lowest BCUT2D eigenvalue weighted by atomic mass is 9.82. The smallest absolute Gasteiger partial charge is 0.107 e. The van der Waals surface area contributed by atoms with Gasteiger partial charge in [-0.25, -0.2) is 0 Å². The monoisotopic (exact) mass is 357 g/mol. The van der Waals surface area contributed by atoms with Crippen molar-refractivity contribution >= 4 is 23.2 Å². The third-order valence-electron chi connectivity index (χ3n) is 4.65. The fourth-order valence-electron chi connectivity index (χ4n) is 3.65. The molecule has 1 aromatic rings. The van der Waals surface area contributed by atoms with Crippen LogP contribution in [0.4, 0.5) is 0 Å². The van der Waals surface area contributed by atoms with Gasteiger partial charge in [0.2, 0.25) is 0 Å². The Bertz CT molecular complexity index is 620. The minimum atomic E-state index is -0.483. The fraction of sp³-hybridized carbons (Fsp3) is 0.529. The number of benzene rings is 1. The Morgan fingerprint density at radius 1 is 1.35 bits per heavy atom. The largest absolute Gasteiger partial charge is 0.390 e.